The van der Waals surface area contributed by atoms with Crippen LogP contribution in [-0.2, 0) is 0 Å². The van der Waals surface area contributed by atoms with Crippen molar-refractivity contribution < 1.29 is 10.2 Å². The van der Waals surface area contributed by atoms with E-state index in [4.69, 9.17) is 0 Å². The minimum Gasteiger partial charge on any atom is -0.389 e. The SMILES string of the molecule is C=C1CC=CC(C)(C)[C@@H]1[C@H](O)/C=C(\C)[C@H]1CC[C@@](C)(O)[C@@H](Br)C1. The average Bonchev–Trinajstić information content (AvgIpc) is 2.40. The minimum absolute atomic E-state index is 0.0638. The lowest BCUT2D eigenvalue weighted by atomic mass is 9.67. The first kappa shape index (κ1) is 19.0. The van der Waals surface area contributed by atoms with Crippen molar-refractivity contribution in [2.75, 3.05) is 0 Å². The third-order valence-electron chi connectivity index (χ3n) is 5.75. The van der Waals surface area contributed by atoms with Crippen LogP contribution in [0.3, 0.4) is 0 Å². The third-order valence-corrected chi connectivity index (χ3v) is 7.11. The van der Waals surface area contributed by atoms with Gasteiger partial charge < -0.3 is 10.2 Å². The Balaban J connectivity index is 2.11. The monoisotopic (exact) mass is 382 g/mol. The highest BCUT2D eigenvalue weighted by atomic mass is 79.9. The molecule has 0 amide bonds. The van der Waals surface area contributed by atoms with E-state index in [2.05, 4.69) is 55.4 Å². The van der Waals surface area contributed by atoms with E-state index in [-0.39, 0.29) is 16.2 Å². The van der Waals surface area contributed by atoms with Gasteiger partial charge in [-0.15, -0.1) is 0 Å². The van der Waals surface area contributed by atoms with Crippen LogP contribution in [0.2, 0.25) is 0 Å². The molecule has 0 aromatic rings. The van der Waals surface area contributed by atoms with E-state index in [1.54, 1.807) is 0 Å². The van der Waals surface area contributed by atoms with Crippen molar-refractivity contribution in [3.8, 4) is 0 Å². The summed E-state index contributed by atoms with van der Waals surface area (Å²) in [5.41, 5.74) is 1.65. The fraction of sp³-hybridized carbons (Fsp3) is 0.700. The molecule has 3 heteroatoms. The minimum atomic E-state index is -0.625. The molecule has 0 saturated heterocycles. The molecule has 0 aromatic heterocycles. The van der Waals surface area contributed by atoms with Gasteiger partial charge in [-0.05, 0) is 50.9 Å². The summed E-state index contributed by atoms with van der Waals surface area (Å²) in [6.07, 6.45) is 9.41. The second-order valence-electron chi connectivity index (χ2n) is 8.26. The summed E-state index contributed by atoms with van der Waals surface area (Å²) in [7, 11) is 0. The summed E-state index contributed by atoms with van der Waals surface area (Å²) >= 11 is 3.63. The number of rotatable bonds is 3. The second-order valence-corrected chi connectivity index (χ2v) is 9.37. The fourth-order valence-corrected chi connectivity index (χ4v) is 4.79. The highest BCUT2D eigenvalue weighted by molar-refractivity contribution is 9.09. The Labute approximate surface area is 149 Å². The molecule has 2 aliphatic rings. The molecular formula is C20H31BrO2. The maximum atomic E-state index is 10.8. The second kappa shape index (κ2) is 6.85. The van der Waals surface area contributed by atoms with E-state index in [9.17, 15) is 10.2 Å². The fourth-order valence-electron chi connectivity index (χ4n) is 4.11. The van der Waals surface area contributed by atoms with Crippen LogP contribution in [0, 0.1) is 17.3 Å². The maximum Gasteiger partial charge on any atom is 0.0796 e. The van der Waals surface area contributed by atoms with E-state index in [0.29, 0.717) is 5.92 Å². The Hall–Kier alpha value is -0.380. The van der Waals surface area contributed by atoms with Crippen LogP contribution >= 0.6 is 15.9 Å². The van der Waals surface area contributed by atoms with Gasteiger partial charge in [-0.1, -0.05) is 65.7 Å². The molecule has 0 heterocycles. The van der Waals surface area contributed by atoms with Crippen LogP contribution in [-0.4, -0.2) is 26.7 Å². The molecule has 2 aliphatic carbocycles. The number of hydrogen-bond donors (Lipinski definition) is 2. The number of allylic oxidation sites excluding steroid dienone is 3. The lowest BCUT2D eigenvalue weighted by molar-refractivity contribution is 0.0212. The summed E-state index contributed by atoms with van der Waals surface area (Å²) < 4.78 is 0. The van der Waals surface area contributed by atoms with Crippen molar-refractivity contribution in [3.63, 3.8) is 0 Å². The molecule has 0 aliphatic heterocycles. The van der Waals surface area contributed by atoms with E-state index >= 15 is 0 Å². The zero-order valence-electron chi connectivity index (χ0n) is 14.8. The van der Waals surface area contributed by atoms with Crippen molar-refractivity contribution in [2.45, 2.75) is 69.9 Å². The van der Waals surface area contributed by atoms with E-state index in [1.165, 1.54) is 5.57 Å². The largest absolute Gasteiger partial charge is 0.389 e. The van der Waals surface area contributed by atoms with Crippen LogP contribution in [0.15, 0.2) is 36.0 Å². The van der Waals surface area contributed by atoms with E-state index < -0.39 is 11.7 Å². The number of halogens is 1. The normalized spacial score (nSPS) is 39.3. The van der Waals surface area contributed by atoms with Crippen molar-refractivity contribution in [3.05, 3.63) is 36.0 Å². The Morgan fingerprint density at radius 2 is 2.09 bits per heavy atom. The quantitative estimate of drug-likeness (QED) is 0.545. The van der Waals surface area contributed by atoms with Crippen LogP contribution < -0.4 is 0 Å². The number of hydrogen-bond acceptors (Lipinski definition) is 2. The number of alkyl halides is 1. The summed E-state index contributed by atoms with van der Waals surface area (Å²) in [4.78, 5) is 0.110. The van der Waals surface area contributed by atoms with Gasteiger partial charge in [-0.25, -0.2) is 0 Å². The molecule has 5 atom stereocenters. The van der Waals surface area contributed by atoms with Crippen LogP contribution in [0.25, 0.3) is 0 Å². The Morgan fingerprint density at radius 3 is 2.65 bits per heavy atom. The van der Waals surface area contributed by atoms with Crippen molar-refractivity contribution >= 4 is 15.9 Å². The van der Waals surface area contributed by atoms with Gasteiger partial charge in [0.05, 0.1) is 11.7 Å². The smallest absolute Gasteiger partial charge is 0.0796 e. The Morgan fingerprint density at radius 1 is 1.43 bits per heavy atom. The summed E-state index contributed by atoms with van der Waals surface area (Å²) in [6.45, 7) is 12.5. The van der Waals surface area contributed by atoms with E-state index in [1.807, 2.05) is 13.0 Å². The zero-order valence-corrected chi connectivity index (χ0v) is 16.4. The first-order valence-corrected chi connectivity index (χ1v) is 9.54. The molecule has 0 aromatic carbocycles. The number of aliphatic hydroxyl groups excluding tert-OH is 1. The standard InChI is InChI=1S/C20H31BrO2/c1-13-7-6-9-19(3,4)18(13)16(22)11-14(2)15-8-10-20(5,23)17(21)12-15/h6,9,11,15-18,22-23H,1,7-8,10,12H2,2-5H3/b14-11+/t15-,16+,17-,18-,20+/m0/s1. The molecule has 0 unspecified atom stereocenters. The summed E-state index contributed by atoms with van der Waals surface area (Å²) in [5, 5.41) is 21.1. The molecule has 23 heavy (non-hydrogen) atoms. The van der Waals surface area contributed by atoms with Gasteiger partial charge in [-0.3, -0.25) is 0 Å². The first-order chi connectivity index (χ1) is 10.5. The first-order valence-electron chi connectivity index (χ1n) is 8.63. The predicted molar refractivity (Wildman–Crippen MR) is 101 cm³/mol. The summed E-state index contributed by atoms with van der Waals surface area (Å²) in [5.74, 6) is 0.485. The average molecular weight is 383 g/mol. The molecule has 1 saturated carbocycles. The van der Waals surface area contributed by atoms with Gasteiger partial charge >= 0.3 is 0 Å². The molecule has 0 bridgehead atoms. The highest BCUT2D eigenvalue weighted by Gasteiger charge is 2.39. The lowest BCUT2D eigenvalue weighted by Crippen LogP contribution is -2.41. The van der Waals surface area contributed by atoms with Crippen molar-refractivity contribution in [1.82, 2.24) is 0 Å². The van der Waals surface area contributed by atoms with Crippen LogP contribution in [0.4, 0.5) is 0 Å². The van der Waals surface area contributed by atoms with Gasteiger partial charge in [0.25, 0.3) is 0 Å². The van der Waals surface area contributed by atoms with Gasteiger partial charge in [0.15, 0.2) is 0 Å². The van der Waals surface area contributed by atoms with E-state index in [0.717, 1.165) is 31.3 Å². The molecule has 2 rings (SSSR count). The molecule has 2 nitrogen and oxygen atoms in total. The highest BCUT2D eigenvalue weighted by Crippen LogP contribution is 2.43. The molecule has 0 spiro atoms. The van der Waals surface area contributed by atoms with Crippen molar-refractivity contribution in [2.24, 2.45) is 17.3 Å². The van der Waals surface area contributed by atoms with Crippen LogP contribution in [0.5, 0.6) is 0 Å². The van der Waals surface area contributed by atoms with Gasteiger partial charge in [0, 0.05) is 10.7 Å². The summed E-state index contributed by atoms with van der Waals surface area (Å²) in [6, 6.07) is 0. The topological polar surface area (TPSA) is 40.5 Å². The predicted octanol–water partition coefficient (Wildman–Crippen LogP) is 4.77. The molecule has 2 N–H and O–H groups in total. The molecule has 0 radical (unpaired) electrons. The molecule has 130 valence electrons. The van der Waals surface area contributed by atoms with Gasteiger partial charge in [-0.2, -0.15) is 0 Å². The Kier molecular flexibility index (Phi) is 5.65. The Bertz CT molecular complexity index is 516. The number of aliphatic hydroxyl groups is 2. The van der Waals surface area contributed by atoms with Crippen molar-refractivity contribution in [1.29, 1.82) is 0 Å². The maximum absolute atomic E-state index is 10.8. The van der Waals surface area contributed by atoms with Crippen LogP contribution in [0.1, 0.15) is 53.4 Å². The third kappa shape index (κ3) is 4.18. The van der Waals surface area contributed by atoms with Gasteiger partial charge in [0.1, 0.15) is 0 Å². The van der Waals surface area contributed by atoms with Gasteiger partial charge in [0.2, 0.25) is 0 Å². The molecule has 1 fully saturated rings. The molecular weight excluding hydrogens is 352 g/mol. The lowest BCUT2D eigenvalue weighted by Gasteiger charge is -2.40. The zero-order chi connectivity index (χ0) is 17.4.